The molecule has 0 saturated heterocycles. The molecule has 0 aliphatic carbocycles. The molecule has 32 heavy (non-hydrogen) atoms. The van der Waals surface area contributed by atoms with Crippen LogP contribution in [0.4, 0.5) is 0 Å². The zero-order chi connectivity index (χ0) is 22.2. The monoisotopic (exact) mass is 415 g/mol. The van der Waals surface area contributed by atoms with Crippen LogP contribution < -0.4 is 0 Å². The van der Waals surface area contributed by atoms with E-state index >= 15 is 0 Å². The molecule has 4 aromatic carbocycles. The molecule has 0 aromatic heterocycles. The second kappa shape index (κ2) is 10.5. The summed E-state index contributed by atoms with van der Waals surface area (Å²) in [5.41, 5.74) is 5.01. The Balaban J connectivity index is 0.000000186. The van der Waals surface area contributed by atoms with Gasteiger partial charge in [-0.15, -0.1) is 0 Å². The Morgan fingerprint density at radius 2 is 1.44 bits per heavy atom. The standard InChI is InChI=1S/C20H19N.C11H10/c1-16(5-4-8-20-13-14-21-20)9-10-17-11-12-18-6-2-3-7-19(18)15-17;1-9-6-7-10-4-2-3-5-11(10)8-9/h2-7,11-15H,1,8-10H2;2-8H,1H3/b5-4-;. The molecule has 0 N–H and O–H groups in total. The molecule has 5 rings (SSSR count). The molecule has 0 spiro atoms. The van der Waals surface area contributed by atoms with E-state index in [2.05, 4.69) is 116 Å². The highest BCUT2D eigenvalue weighted by Crippen LogP contribution is 2.18. The van der Waals surface area contributed by atoms with Gasteiger partial charge in [-0.3, -0.25) is 4.99 Å². The first-order chi connectivity index (χ1) is 15.7. The quantitative estimate of drug-likeness (QED) is 0.280. The zero-order valence-electron chi connectivity index (χ0n) is 18.7. The van der Waals surface area contributed by atoms with Crippen molar-refractivity contribution in [1.82, 2.24) is 0 Å². The molecule has 0 saturated carbocycles. The fraction of sp³-hybridized carbons (Fsp3) is 0.129. The van der Waals surface area contributed by atoms with Crippen LogP contribution in [0.15, 0.2) is 126 Å². The maximum Gasteiger partial charge on any atom is 0.0456 e. The number of benzene rings is 4. The summed E-state index contributed by atoms with van der Waals surface area (Å²) in [7, 11) is 0. The molecule has 0 atom stereocenters. The number of fused-ring (bicyclic) bond motifs is 2. The van der Waals surface area contributed by atoms with Crippen LogP contribution in [0.5, 0.6) is 0 Å². The van der Waals surface area contributed by atoms with E-state index in [0.29, 0.717) is 0 Å². The Morgan fingerprint density at radius 3 is 2.09 bits per heavy atom. The first kappa shape index (κ1) is 21.5. The van der Waals surface area contributed by atoms with E-state index in [1.807, 2.05) is 12.3 Å². The molecule has 0 bridgehead atoms. The summed E-state index contributed by atoms with van der Waals surface area (Å²) in [6.07, 6.45) is 11.1. The van der Waals surface area contributed by atoms with Crippen molar-refractivity contribution in [1.29, 1.82) is 0 Å². The van der Waals surface area contributed by atoms with Gasteiger partial charge in [0.25, 0.3) is 0 Å². The minimum absolute atomic E-state index is 0.908. The van der Waals surface area contributed by atoms with Gasteiger partial charge in [0.2, 0.25) is 0 Å². The molecule has 1 nitrogen and oxygen atoms in total. The van der Waals surface area contributed by atoms with E-state index in [-0.39, 0.29) is 0 Å². The number of rotatable bonds is 6. The van der Waals surface area contributed by atoms with E-state index < -0.39 is 0 Å². The van der Waals surface area contributed by atoms with Gasteiger partial charge in [0.15, 0.2) is 0 Å². The molecule has 1 heteroatoms. The third-order valence-electron chi connectivity index (χ3n) is 5.64. The second-order valence-corrected chi connectivity index (χ2v) is 8.23. The molecule has 0 fully saturated rings. The van der Waals surface area contributed by atoms with Crippen molar-refractivity contribution < 1.29 is 0 Å². The Kier molecular flexibility index (Phi) is 7.09. The smallest absolute Gasteiger partial charge is 0.0456 e. The first-order valence-electron chi connectivity index (χ1n) is 11.2. The van der Waals surface area contributed by atoms with Crippen LogP contribution in [-0.2, 0) is 6.42 Å². The largest absolute Gasteiger partial charge is 0.261 e. The van der Waals surface area contributed by atoms with Crippen molar-refractivity contribution in [2.45, 2.75) is 26.2 Å². The van der Waals surface area contributed by atoms with Gasteiger partial charge in [0.1, 0.15) is 0 Å². The van der Waals surface area contributed by atoms with Crippen molar-refractivity contribution in [3.63, 3.8) is 0 Å². The summed E-state index contributed by atoms with van der Waals surface area (Å²) in [4.78, 5) is 4.14. The van der Waals surface area contributed by atoms with E-state index in [0.717, 1.165) is 25.0 Å². The number of hydrogen-bond donors (Lipinski definition) is 0. The molecule has 0 radical (unpaired) electrons. The Morgan fingerprint density at radius 1 is 0.812 bits per heavy atom. The molecule has 4 aromatic rings. The molecule has 0 unspecified atom stereocenters. The average molecular weight is 416 g/mol. The predicted octanol–water partition coefficient (Wildman–Crippen LogP) is 8.39. The Bertz CT molecular complexity index is 1320. The van der Waals surface area contributed by atoms with Crippen LogP contribution in [0, 0.1) is 6.92 Å². The van der Waals surface area contributed by atoms with Crippen molar-refractivity contribution in [3.8, 4) is 0 Å². The van der Waals surface area contributed by atoms with Crippen LogP contribution in [0.2, 0.25) is 0 Å². The first-order valence-corrected chi connectivity index (χ1v) is 11.2. The Hall–Kier alpha value is -3.71. The van der Waals surface area contributed by atoms with Gasteiger partial charge in [0, 0.05) is 18.3 Å². The molecule has 1 aliphatic rings. The van der Waals surface area contributed by atoms with E-state index in [9.17, 15) is 0 Å². The third-order valence-corrected chi connectivity index (χ3v) is 5.64. The second-order valence-electron chi connectivity index (χ2n) is 8.23. The zero-order valence-corrected chi connectivity index (χ0v) is 18.7. The molecule has 0 amide bonds. The average Bonchev–Trinajstić information content (AvgIpc) is 2.79. The highest BCUT2D eigenvalue weighted by molar-refractivity contribution is 5.83. The number of nitrogens with zero attached hydrogens (tertiary/aromatic N) is 1. The summed E-state index contributed by atoms with van der Waals surface area (Å²) < 4.78 is 0. The van der Waals surface area contributed by atoms with Crippen LogP contribution in [0.25, 0.3) is 21.5 Å². The normalized spacial score (nSPS) is 12.3. The van der Waals surface area contributed by atoms with Gasteiger partial charge in [-0.25, -0.2) is 0 Å². The van der Waals surface area contributed by atoms with Crippen LogP contribution in [-0.4, -0.2) is 6.21 Å². The molecule has 1 heterocycles. The lowest BCUT2D eigenvalue weighted by Gasteiger charge is -2.05. The van der Waals surface area contributed by atoms with Crippen molar-refractivity contribution in [3.05, 3.63) is 132 Å². The predicted molar refractivity (Wildman–Crippen MR) is 140 cm³/mol. The minimum Gasteiger partial charge on any atom is -0.261 e. The lowest BCUT2D eigenvalue weighted by atomic mass is 10.0. The summed E-state index contributed by atoms with van der Waals surface area (Å²) >= 11 is 0. The fourth-order valence-corrected chi connectivity index (χ4v) is 3.74. The lowest BCUT2D eigenvalue weighted by molar-refractivity contribution is 0.969. The van der Waals surface area contributed by atoms with Gasteiger partial charge in [-0.1, -0.05) is 115 Å². The summed E-state index contributed by atoms with van der Waals surface area (Å²) in [6, 6.07) is 30.1. The number of aliphatic imine (C=N–C) groups is 1. The fourth-order valence-electron chi connectivity index (χ4n) is 3.74. The van der Waals surface area contributed by atoms with Gasteiger partial charge < -0.3 is 0 Å². The SMILES string of the molecule is C=C(/C=C\CC1=CC=N1)CCc1ccc2ccccc2c1.Cc1ccc2ccccc2c1. The van der Waals surface area contributed by atoms with Gasteiger partial charge >= 0.3 is 0 Å². The van der Waals surface area contributed by atoms with Gasteiger partial charge in [-0.05, 0) is 52.9 Å². The highest BCUT2D eigenvalue weighted by Gasteiger charge is 1.99. The van der Waals surface area contributed by atoms with Crippen LogP contribution in [0.1, 0.15) is 24.0 Å². The van der Waals surface area contributed by atoms with Gasteiger partial charge in [0.05, 0.1) is 0 Å². The topological polar surface area (TPSA) is 12.4 Å². The highest BCUT2D eigenvalue weighted by atomic mass is 14.8. The maximum atomic E-state index is 4.14. The lowest BCUT2D eigenvalue weighted by Crippen LogP contribution is -1.89. The molecule has 1 aliphatic heterocycles. The van der Waals surface area contributed by atoms with Crippen molar-refractivity contribution in [2.75, 3.05) is 0 Å². The Labute approximate surface area is 191 Å². The third kappa shape index (κ3) is 5.92. The molecular weight excluding hydrogens is 386 g/mol. The van der Waals surface area contributed by atoms with E-state index in [4.69, 9.17) is 0 Å². The van der Waals surface area contributed by atoms with Crippen molar-refractivity contribution in [2.24, 2.45) is 4.99 Å². The summed E-state index contributed by atoms with van der Waals surface area (Å²) in [5.74, 6) is 0. The maximum absolute atomic E-state index is 4.14. The summed E-state index contributed by atoms with van der Waals surface area (Å²) in [6.45, 7) is 6.25. The van der Waals surface area contributed by atoms with Crippen LogP contribution >= 0.6 is 0 Å². The van der Waals surface area contributed by atoms with Crippen molar-refractivity contribution >= 4 is 27.8 Å². The summed E-state index contributed by atoms with van der Waals surface area (Å²) in [5, 5.41) is 5.26. The number of aryl methyl sites for hydroxylation is 2. The number of hydrogen-bond acceptors (Lipinski definition) is 1. The van der Waals surface area contributed by atoms with E-state index in [1.54, 1.807) is 0 Å². The molecule has 158 valence electrons. The number of allylic oxidation sites excluding steroid dienone is 4. The minimum atomic E-state index is 0.908. The van der Waals surface area contributed by atoms with E-state index in [1.165, 1.54) is 38.2 Å². The molecular formula is C31H29N. The van der Waals surface area contributed by atoms with Gasteiger partial charge in [-0.2, -0.15) is 0 Å². The van der Waals surface area contributed by atoms with Crippen LogP contribution in [0.3, 0.4) is 0 Å².